The van der Waals surface area contributed by atoms with Crippen LogP contribution in [-0.4, -0.2) is 34.4 Å². The molecule has 3 rings (SSSR count). The second-order valence-electron chi connectivity index (χ2n) is 5.98. The summed E-state index contributed by atoms with van der Waals surface area (Å²) in [4.78, 5) is 14.9. The predicted octanol–water partition coefficient (Wildman–Crippen LogP) is 3.10. The van der Waals surface area contributed by atoms with Gasteiger partial charge >= 0.3 is 0 Å². The second-order valence-corrected chi connectivity index (χ2v) is 7.20. The normalized spacial score (nSPS) is 27.3. The summed E-state index contributed by atoms with van der Waals surface area (Å²) in [7, 11) is 0. The lowest BCUT2D eigenvalue weighted by Crippen LogP contribution is -2.42. The minimum absolute atomic E-state index is 0.0239. The van der Waals surface area contributed by atoms with Crippen LogP contribution in [0.2, 0.25) is 0 Å². The van der Waals surface area contributed by atoms with Gasteiger partial charge in [-0.15, -0.1) is 0 Å². The molecule has 2 fully saturated rings. The molecule has 0 bridgehead atoms. The van der Waals surface area contributed by atoms with Crippen molar-refractivity contribution in [2.45, 2.75) is 51.4 Å². The molecule has 2 aliphatic rings. The number of carbonyl (C=O) groups excluding carboxylic acids is 1. The number of thioether (sulfide) groups is 1. The van der Waals surface area contributed by atoms with E-state index >= 15 is 0 Å². The quantitative estimate of drug-likeness (QED) is 0.931. The highest BCUT2D eigenvalue weighted by Crippen LogP contribution is 2.34. The first-order valence-corrected chi connectivity index (χ1v) is 9.09. The summed E-state index contributed by atoms with van der Waals surface area (Å²) < 4.78 is 0. The highest BCUT2D eigenvalue weighted by Gasteiger charge is 2.42. The van der Waals surface area contributed by atoms with E-state index in [9.17, 15) is 4.79 Å². The Hall–Kier alpha value is -1.00. The molecule has 2 heterocycles. The van der Waals surface area contributed by atoms with Crippen LogP contribution in [0, 0.1) is 6.92 Å². The highest BCUT2D eigenvalue weighted by atomic mass is 32.2. The van der Waals surface area contributed by atoms with Crippen LogP contribution in [0.4, 0.5) is 0 Å². The van der Waals surface area contributed by atoms with Crippen LogP contribution >= 0.6 is 11.8 Å². The van der Waals surface area contributed by atoms with Gasteiger partial charge in [-0.1, -0.05) is 31.2 Å². The van der Waals surface area contributed by atoms with Gasteiger partial charge in [0.15, 0.2) is 0 Å². The van der Waals surface area contributed by atoms with Gasteiger partial charge in [0, 0.05) is 6.04 Å². The Bertz CT molecular complexity index is 513. The zero-order chi connectivity index (χ0) is 14.8. The summed E-state index contributed by atoms with van der Waals surface area (Å²) in [5.74, 6) is 2.64. The van der Waals surface area contributed by atoms with Crippen LogP contribution in [0.15, 0.2) is 24.3 Å². The molecular weight excluding hydrogens is 280 g/mol. The average molecular weight is 304 g/mol. The summed E-state index contributed by atoms with van der Waals surface area (Å²) >= 11 is 2.01. The maximum atomic E-state index is 12.8. The Morgan fingerprint density at radius 1 is 1.29 bits per heavy atom. The highest BCUT2D eigenvalue weighted by molar-refractivity contribution is 7.99. The minimum atomic E-state index is -0.0239. The monoisotopic (exact) mass is 304 g/mol. The van der Waals surface area contributed by atoms with E-state index in [1.54, 1.807) is 0 Å². The fraction of sp³-hybridized carbons (Fsp3) is 0.588. The Balaban J connectivity index is 1.92. The number of benzene rings is 1. The number of nitrogens with zero attached hydrogens (tertiary/aromatic N) is 1. The van der Waals surface area contributed by atoms with Crippen molar-refractivity contribution in [3.05, 3.63) is 35.4 Å². The third-order valence-corrected chi connectivity index (χ3v) is 5.71. The van der Waals surface area contributed by atoms with Crippen molar-refractivity contribution in [1.82, 2.24) is 10.2 Å². The Labute approximate surface area is 131 Å². The summed E-state index contributed by atoms with van der Waals surface area (Å²) in [5.41, 5.74) is 2.51. The van der Waals surface area contributed by atoms with E-state index in [0.717, 1.165) is 19.3 Å². The third-order valence-electron chi connectivity index (χ3n) is 4.67. The molecule has 2 unspecified atom stereocenters. The van der Waals surface area contributed by atoms with Crippen LogP contribution in [0.1, 0.15) is 43.5 Å². The van der Waals surface area contributed by atoms with Crippen molar-refractivity contribution < 1.29 is 4.79 Å². The third kappa shape index (κ3) is 2.84. The predicted molar refractivity (Wildman–Crippen MR) is 88.3 cm³/mol. The number of carbonyl (C=O) groups is 1. The van der Waals surface area contributed by atoms with E-state index in [1.807, 2.05) is 11.8 Å². The van der Waals surface area contributed by atoms with E-state index in [2.05, 4.69) is 48.3 Å². The van der Waals surface area contributed by atoms with Crippen molar-refractivity contribution in [2.75, 3.05) is 11.5 Å². The van der Waals surface area contributed by atoms with E-state index in [-0.39, 0.29) is 12.2 Å². The standard InChI is InChI=1S/C17H24N2OS/c1-3-15-17(20)19(13-8-10-21-11-9-13)16(18-15)14-7-5-4-6-12(14)2/h4-7,13,15-16,18H,3,8-11H2,1-2H3. The van der Waals surface area contributed by atoms with Crippen LogP contribution in [0.5, 0.6) is 0 Å². The Kier molecular flexibility index (Phi) is 4.55. The number of hydrogen-bond acceptors (Lipinski definition) is 3. The molecule has 0 aromatic heterocycles. The van der Waals surface area contributed by atoms with E-state index in [4.69, 9.17) is 0 Å². The molecule has 0 saturated carbocycles. The van der Waals surface area contributed by atoms with Gasteiger partial charge in [-0.3, -0.25) is 10.1 Å². The summed E-state index contributed by atoms with van der Waals surface area (Å²) in [6.45, 7) is 4.22. The molecule has 2 aliphatic heterocycles. The number of hydrogen-bond donors (Lipinski definition) is 1. The summed E-state index contributed by atoms with van der Waals surface area (Å²) in [5, 5.41) is 3.56. The zero-order valence-corrected chi connectivity index (χ0v) is 13.7. The fourth-order valence-electron chi connectivity index (χ4n) is 3.43. The fourth-order valence-corrected chi connectivity index (χ4v) is 4.51. The van der Waals surface area contributed by atoms with Crippen molar-refractivity contribution in [3.8, 4) is 0 Å². The number of amides is 1. The second kappa shape index (κ2) is 6.41. The van der Waals surface area contributed by atoms with Gasteiger partial charge in [-0.25, -0.2) is 0 Å². The number of nitrogens with one attached hydrogen (secondary N) is 1. The lowest BCUT2D eigenvalue weighted by Gasteiger charge is -2.35. The summed E-state index contributed by atoms with van der Waals surface area (Å²) in [6, 6.07) is 8.80. The number of aryl methyl sites for hydroxylation is 1. The molecule has 0 aliphatic carbocycles. The molecular formula is C17H24N2OS. The van der Waals surface area contributed by atoms with E-state index in [1.165, 1.54) is 22.6 Å². The van der Waals surface area contributed by atoms with Gasteiger partial charge in [-0.2, -0.15) is 11.8 Å². The average Bonchev–Trinajstić information content (AvgIpc) is 2.85. The Morgan fingerprint density at radius 3 is 2.67 bits per heavy atom. The van der Waals surface area contributed by atoms with Gasteiger partial charge in [0.2, 0.25) is 5.91 Å². The summed E-state index contributed by atoms with van der Waals surface area (Å²) in [6.07, 6.45) is 3.16. The van der Waals surface area contributed by atoms with Crippen molar-refractivity contribution in [2.24, 2.45) is 0 Å². The SMILES string of the molecule is CCC1NC(c2ccccc2C)N(C2CCSCC2)C1=O. The molecule has 114 valence electrons. The molecule has 1 aromatic rings. The number of rotatable bonds is 3. The maximum absolute atomic E-state index is 12.8. The van der Waals surface area contributed by atoms with Crippen molar-refractivity contribution in [3.63, 3.8) is 0 Å². The molecule has 1 amide bonds. The van der Waals surface area contributed by atoms with Crippen molar-refractivity contribution in [1.29, 1.82) is 0 Å². The zero-order valence-electron chi connectivity index (χ0n) is 12.8. The van der Waals surface area contributed by atoms with Crippen LogP contribution in [-0.2, 0) is 4.79 Å². The van der Waals surface area contributed by atoms with Crippen molar-refractivity contribution >= 4 is 17.7 Å². The van der Waals surface area contributed by atoms with E-state index in [0.29, 0.717) is 11.9 Å². The molecule has 21 heavy (non-hydrogen) atoms. The molecule has 2 saturated heterocycles. The topological polar surface area (TPSA) is 32.3 Å². The molecule has 4 heteroatoms. The van der Waals surface area contributed by atoms with Gasteiger partial charge in [-0.05, 0) is 48.8 Å². The smallest absolute Gasteiger partial charge is 0.241 e. The van der Waals surface area contributed by atoms with Gasteiger partial charge in [0.05, 0.1) is 6.04 Å². The Morgan fingerprint density at radius 2 is 2.00 bits per heavy atom. The molecule has 1 N–H and O–H groups in total. The molecule has 1 aromatic carbocycles. The van der Waals surface area contributed by atoms with Crippen LogP contribution in [0.25, 0.3) is 0 Å². The lowest BCUT2D eigenvalue weighted by atomic mass is 10.0. The minimum Gasteiger partial charge on any atom is -0.319 e. The first-order valence-electron chi connectivity index (χ1n) is 7.94. The molecule has 0 spiro atoms. The molecule has 0 radical (unpaired) electrons. The van der Waals surface area contributed by atoms with Crippen LogP contribution < -0.4 is 5.32 Å². The maximum Gasteiger partial charge on any atom is 0.241 e. The largest absolute Gasteiger partial charge is 0.319 e. The first-order chi connectivity index (χ1) is 10.2. The van der Waals surface area contributed by atoms with Gasteiger partial charge < -0.3 is 4.90 Å². The lowest BCUT2D eigenvalue weighted by molar-refractivity contribution is -0.132. The molecule has 3 nitrogen and oxygen atoms in total. The van der Waals surface area contributed by atoms with Gasteiger partial charge in [0.25, 0.3) is 0 Å². The van der Waals surface area contributed by atoms with Gasteiger partial charge in [0.1, 0.15) is 6.17 Å². The molecule has 2 atom stereocenters. The van der Waals surface area contributed by atoms with E-state index < -0.39 is 0 Å². The van der Waals surface area contributed by atoms with Crippen LogP contribution in [0.3, 0.4) is 0 Å². The first kappa shape index (κ1) is 14.9.